The van der Waals surface area contributed by atoms with Crippen LogP contribution in [-0.4, -0.2) is 35.1 Å². The van der Waals surface area contributed by atoms with Gasteiger partial charge in [0.05, 0.1) is 5.75 Å². The van der Waals surface area contributed by atoms with Crippen LogP contribution in [0, 0.1) is 0 Å². The van der Waals surface area contributed by atoms with Crippen LogP contribution in [0.15, 0.2) is 42.5 Å². The zero-order valence-electron chi connectivity index (χ0n) is 17.7. The first-order chi connectivity index (χ1) is 14.9. The summed E-state index contributed by atoms with van der Waals surface area (Å²) in [6.45, 7) is 4.61. The van der Waals surface area contributed by atoms with Crippen molar-refractivity contribution in [1.29, 1.82) is 0 Å². The van der Waals surface area contributed by atoms with Gasteiger partial charge in [0, 0.05) is 39.5 Å². The van der Waals surface area contributed by atoms with Crippen LogP contribution in [0.3, 0.4) is 0 Å². The Balaban J connectivity index is 2.19. The van der Waals surface area contributed by atoms with Crippen LogP contribution < -0.4 is 5.32 Å². The number of thioether (sulfide) groups is 1. The summed E-state index contributed by atoms with van der Waals surface area (Å²) in [6.07, 6.45) is 1.30. The highest BCUT2D eigenvalue weighted by atomic mass is 35.5. The lowest BCUT2D eigenvalue weighted by Gasteiger charge is -2.31. The van der Waals surface area contributed by atoms with Gasteiger partial charge in [-0.3, -0.25) is 9.59 Å². The van der Waals surface area contributed by atoms with Gasteiger partial charge in [0.25, 0.3) is 0 Å². The Kier molecular flexibility index (Phi) is 11.0. The van der Waals surface area contributed by atoms with E-state index in [1.165, 1.54) is 11.8 Å². The summed E-state index contributed by atoms with van der Waals surface area (Å²) >= 11 is 20.4. The first kappa shape index (κ1) is 25.9. The van der Waals surface area contributed by atoms with Crippen LogP contribution in [0.1, 0.15) is 37.8 Å². The molecule has 1 N–H and O–H groups in total. The Morgan fingerprint density at radius 1 is 1.00 bits per heavy atom. The Hall–Kier alpha value is -1.40. The molecule has 0 aromatic heterocycles. The summed E-state index contributed by atoms with van der Waals surface area (Å²) in [5, 5.41) is 4.51. The number of amides is 2. The zero-order valence-corrected chi connectivity index (χ0v) is 20.8. The van der Waals surface area contributed by atoms with Crippen molar-refractivity contribution < 1.29 is 9.59 Å². The van der Waals surface area contributed by atoms with Gasteiger partial charge in [0.15, 0.2) is 0 Å². The van der Waals surface area contributed by atoms with Crippen LogP contribution in [0.5, 0.6) is 0 Å². The molecule has 8 heteroatoms. The predicted octanol–water partition coefficient (Wildman–Crippen LogP) is 6.21. The Morgan fingerprint density at radius 3 is 2.26 bits per heavy atom. The van der Waals surface area contributed by atoms with E-state index >= 15 is 0 Å². The molecule has 2 amide bonds. The molecule has 0 heterocycles. The molecule has 2 aromatic carbocycles. The minimum Gasteiger partial charge on any atom is -0.354 e. The van der Waals surface area contributed by atoms with E-state index in [9.17, 15) is 9.59 Å². The molecule has 4 nitrogen and oxygen atoms in total. The largest absolute Gasteiger partial charge is 0.354 e. The first-order valence-corrected chi connectivity index (χ1v) is 12.5. The second-order valence-electron chi connectivity index (χ2n) is 7.02. The number of nitrogens with one attached hydrogen (secondary N) is 1. The average Bonchev–Trinajstić information content (AvgIpc) is 2.75. The van der Waals surface area contributed by atoms with E-state index in [4.69, 9.17) is 34.8 Å². The third-order valence-electron chi connectivity index (χ3n) is 4.77. The Bertz CT molecular complexity index is 875. The van der Waals surface area contributed by atoms with Gasteiger partial charge >= 0.3 is 0 Å². The Labute approximate surface area is 203 Å². The van der Waals surface area contributed by atoms with Crippen molar-refractivity contribution in [2.45, 2.75) is 45.0 Å². The van der Waals surface area contributed by atoms with Crippen LogP contribution in [-0.2, 0) is 21.9 Å². The minimum atomic E-state index is -0.604. The number of rotatable bonds is 11. The smallest absolute Gasteiger partial charge is 0.242 e. The van der Waals surface area contributed by atoms with Gasteiger partial charge in [-0.05, 0) is 36.6 Å². The van der Waals surface area contributed by atoms with Crippen molar-refractivity contribution in [3.63, 3.8) is 0 Å². The molecule has 0 radical (unpaired) electrons. The fourth-order valence-corrected chi connectivity index (χ4v) is 4.80. The molecule has 0 fully saturated rings. The summed E-state index contributed by atoms with van der Waals surface area (Å²) in [5.41, 5.74) is 1.60. The van der Waals surface area contributed by atoms with Crippen molar-refractivity contribution in [1.82, 2.24) is 10.2 Å². The highest BCUT2D eigenvalue weighted by Gasteiger charge is 2.29. The molecule has 0 aliphatic heterocycles. The van der Waals surface area contributed by atoms with Crippen molar-refractivity contribution in [2.24, 2.45) is 0 Å². The highest BCUT2D eigenvalue weighted by molar-refractivity contribution is 7.99. The van der Waals surface area contributed by atoms with E-state index in [-0.39, 0.29) is 24.1 Å². The fourth-order valence-electron chi connectivity index (χ4n) is 3.09. The van der Waals surface area contributed by atoms with E-state index in [1.54, 1.807) is 23.1 Å². The Morgan fingerprint density at radius 2 is 1.65 bits per heavy atom. The summed E-state index contributed by atoms with van der Waals surface area (Å²) < 4.78 is 0. The minimum absolute atomic E-state index is 0.147. The monoisotopic (exact) mass is 500 g/mol. The third-order valence-corrected chi connectivity index (χ3v) is 6.81. The molecular formula is C23H27Cl3N2O2S. The maximum absolute atomic E-state index is 13.2. The van der Waals surface area contributed by atoms with Gasteiger partial charge in [0.2, 0.25) is 11.8 Å². The second-order valence-corrected chi connectivity index (χ2v) is 9.23. The van der Waals surface area contributed by atoms with Crippen LogP contribution in [0.25, 0.3) is 0 Å². The van der Waals surface area contributed by atoms with E-state index in [2.05, 4.69) is 5.32 Å². The van der Waals surface area contributed by atoms with Gasteiger partial charge in [-0.1, -0.05) is 72.9 Å². The number of carbonyl (C=O) groups is 2. The summed E-state index contributed by atoms with van der Waals surface area (Å²) in [7, 11) is 0. The topological polar surface area (TPSA) is 49.4 Å². The number of hydrogen-bond acceptors (Lipinski definition) is 3. The molecule has 31 heavy (non-hydrogen) atoms. The molecule has 168 valence electrons. The van der Waals surface area contributed by atoms with Crippen molar-refractivity contribution >= 4 is 58.4 Å². The lowest BCUT2D eigenvalue weighted by Crippen LogP contribution is -2.49. The number of hydrogen-bond donors (Lipinski definition) is 1. The van der Waals surface area contributed by atoms with Crippen molar-refractivity contribution in [3.8, 4) is 0 Å². The molecule has 0 aliphatic rings. The van der Waals surface area contributed by atoms with E-state index in [0.29, 0.717) is 39.3 Å². The standard InChI is InChI=1S/C23H27Cl3N2O2S/c1-3-12-27-23(30)21(4-2)28(13-17-19(25)10-7-11-20(17)26)22(29)15-31-14-16-8-5-6-9-18(16)24/h5-11,21H,3-4,12-15H2,1-2H3,(H,27,30)/t21-/m0/s1. The van der Waals surface area contributed by atoms with Gasteiger partial charge in [-0.2, -0.15) is 0 Å². The highest BCUT2D eigenvalue weighted by Crippen LogP contribution is 2.28. The van der Waals surface area contributed by atoms with Gasteiger partial charge in [-0.25, -0.2) is 0 Å². The maximum Gasteiger partial charge on any atom is 0.242 e. The zero-order chi connectivity index (χ0) is 22.8. The maximum atomic E-state index is 13.2. The quantitative estimate of drug-likeness (QED) is 0.398. The number of benzene rings is 2. The molecule has 0 spiro atoms. The fraction of sp³-hybridized carbons (Fsp3) is 0.391. The molecular weight excluding hydrogens is 475 g/mol. The molecule has 0 bridgehead atoms. The van der Waals surface area contributed by atoms with Gasteiger partial charge in [-0.15, -0.1) is 11.8 Å². The number of halogens is 3. The number of carbonyl (C=O) groups excluding carboxylic acids is 2. The molecule has 1 atom stereocenters. The van der Waals surface area contributed by atoms with Gasteiger partial charge in [0.1, 0.15) is 6.04 Å². The summed E-state index contributed by atoms with van der Waals surface area (Å²) in [4.78, 5) is 27.6. The van der Waals surface area contributed by atoms with E-state index < -0.39 is 6.04 Å². The van der Waals surface area contributed by atoms with E-state index in [1.807, 2.05) is 38.1 Å². The van der Waals surface area contributed by atoms with Crippen molar-refractivity contribution in [3.05, 3.63) is 68.7 Å². The van der Waals surface area contributed by atoms with Gasteiger partial charge < -0.3 is 10.2 Å². The number of nitrogens with zero attached hydrogens (tertiary/aromatic N) is 1. The van der Waals surface area contributed by atoms with E-state index in [0.717, 1.165) is 12.0 Å². The lowest BCUT2D eigenvalue weighted by molar-refractivity contribution is -0.139. The normalized spacial score (nSPS) is 11.8. The average molecular weight is 502 g/mol. The summed E-state index contributed by atoms with van der Waals surface area (Å²) in [5.74, 6) is 0.499. The molecule has 0 saturated carbocycles. The third kappa shape index (κ3) is 7.60. The van der Waals surface area contributed by atoms with Crippen LogP contribution in [0.2, 0.25) is 15.1 Å². The van der Waals surface area contributed by atoms with Crippen LogP contribution >= 0.6 is 46.6 Å². The summed E-state index contributed by atoms with van der Waals surface area (Å²) in [6, 6.07) is 12.2. The predicted molar refractivity (Wildman–Crippen MR) is 132 cm³/mol. The van der Waals surface area contributed by atoms with Crippen LogP contribution in [0.4, 0.5) is 0 Å². The molecule has 2 aromatic rings. The lowest BCUT2D eigenvalue weighted by atomic mass is 10.1. The van der Waals surface area contributed by atoms with Crippen molar-refractivity contribution in [2.75, 3.05) is 12.3 Å². The second kappa shape index (κ2) is 13.2. The SMILES string of the molecule is CCCNC(=O)[C@H](CC)N(Cc1c(Cl)cccc1Cl)C(=O)CSCc1ccccc1Cl. The molecule has 0 unspecified atom stereocenters. The molecule has 0 aliphatic carbocycles. The molecule has 2 rings (SSSR count). The first-order valence-electron chi connectivity index (χ1n) is 10.2. The molecule has 0 saturated heterocycles.